The molecule has 0 fully saturated rings. The van der Waals surface area contributed by atoms with Crippen molar-refractivity contribution in [3.63, 3.8) is 0 Å². The summed E-state index contributed by atoms with van der Waals surface area (Å²) in [6.07, 6.45) is 7.17. The van der Waals surface area contributed by atoms with E-state index in [-0.39, 0.29) is 24.3 Å². The van der Waals surface area contributed by atoms with Gasteiger partial charge < -0.3 is 18.9 Å². The van der Waals surface area contributed by atoms with Gasteiger partial charge in [-0.1, -0.05) is 12.8 Å². The molecule has 0 saturated heterocycles. The Morgan fingerprint density at radius 3 is 2.30 bits per heavy atom. The Bertz CT molecular complexity index is 521. The first-order valence-corrected chi connectivity index (χ1v) is 9.76. The molecule has 0 bridgehead atoms. The van der Waals surface area contributed by atoms with Gasteiger partial charge in [-0.25, -0.2) is 0 Å². The number of carbonyl (C=O) groups excluding carboxylic acids is 2. The Hall–Kier alpha value is -1.08. The molecule has 156 valence electrons. The minimum absolute atomic E-state index is 0.0848. The molecule has 0 spiro atoms. The number of hydrogen-bond acceptors (Lipinski definition) is 6. The van der Waals surface area contributed by atoms with Gasteiger partial charge in [0.2, 0.25) is 0 Å². The van der Waals surface area contributed by atoms with Gasteiger partial charge in [0, 0.05) is 27.1 Å². The fraction of sp³-hybridized carbons (Fsp3) is 0.810. The van der Waals surface area contributed by atoms with E-state index in [1.54, 1.807) is 28.1 Å². The second kappa shape index (κ2) is 11.1. The van der Waals surface area contributed by atoms with Gasteiger partial charge in [0.05, 0.1) is 6.10 Å². The van der Waals surface area contributed by atoms with Crippen LogP contribution in [0.2, 0.25) is 0 Å². The van der Waals surface area contributed by atoms with Crippen molar-refractivity contribution in [1.82, 2.24) is 0 Å². The van der Waals surface area contributed by atoms with E-state index in [1.165, 1.54) is 0 Å². The summed E-state index contributed by atoms with van der Waals surface area (Å²) in [5.41, 5.74) is 0.859. The maximum atomic E-state index is 12.1. The topological polar surface area (TPSA) is 71.1 Å². The largest absolute Gasteiger partial charge is 0.354 e. The highest BCUT2D eigenvalue weighted by molar-refractivity contribution is 5.98. The lowest BCUT2D eigenvalue weighted by molar-refractivity contribution is -0.212. The molecule has 0 aliphatic heterocycles. The summed E-state index contributed by atoms with van der Waals surface area (Å²) >= 11 is 0. The number of rotatable bonds is 14. The number of Topliss-reactive ketones (excluding diaryl/α,β-unsaturated/α-hetero) is 2. The summed E-state index contributed by atoms with van der Waals surface area (Å²) in [5, 5.41) is 0. The number of ketones is 2. The lowest BCUT2D eigenvalue weighted by Crippen LogP contribution is -2.31. The van der Waals surface area contributed by atoms with Crippen LogP contribution in [0.15, 0.2) is 11.6 Å². The molecule has 6 nitrogen and oxygen atoms in total. The maximum Gasteiger partial charge on any atom is 0.163 e. The van der Waals surface area contributed by atoms with Crippen LogP contribution in [-0.2, 0) is 28.5 Å². The Morgan fingerprint density at radius 2 is 1.67 bits per heavy atom. The Kier molecular flexibility index (Phi) is 9.81. The molecule has 0 saturated carbocycles. The van der Waals surface area contributed by atoms with Crippen LogP contribution in [0.3, 0.4) is 0 Å². The van der Waals surface area contributed by atoms with Crippen LogP contribution < -0.4 is 0 Å². The van der Waals surface area contributed by atoms with Crippen molar-refractivity contribution in [3.8, 4) is 0 Å². The summed E-state index contributed by atoms with van der Waals surface area (Å²) in [5.74, 6) is -1.15. The fourth-order valence-electron chi connectivity index (χ4n) is 2.78. The third-order valence-electron chi connectivity index (χ3n) is 4.78. The van der Waals surface area contributed by atoms with Crippen molar-refractivity contribution in [2.45, 2.75) is 90.3 Å². The van der Waals surface area contributed by atoms with Crippen molar-refractivity contribution in [1.29, 1.82) is 0 Å². The second-order valence-electron chi connectivity index (χ2n) is 7.92. The quantitative estimate of drug-likeness (QED) is 0.333. The number of allylic oxidation sites excluding steroid dienone is 1. The molecule has 0 N–H and O–H groups in total. The third kappa shape index (κ3) is 9.60. The molecule has 1 atom stereocenters. The summed E-state index contributed by atoms with van der Waals surface area (Å²) < 4.78 is 21.6. The summed E-state index contributed by atoms with van der Waals surface area (Å²) in [7, 11) is 3.15. The Morgan fingerprint density at radius 1 is 1.04 bits per heavy atom. The van der Waals surface area contributed by atoms with Gasteiger partial charge in [-0.2, -0.15) is 0 Å². The van der Waals surface area contributed by atoms with Crippen LogP contribution in [0.4, 0.5) is 0 Å². The van der Waals surface area contributed by atoms with Crippen LogP contribution in [0.25, 0.3) is 0 Å². The van der Waals surface area contributed by atoms with Crippen LogP contribution in [0.5, 0.6) is 0 Å². The standard InChI is InChI=1S/C21H36O6/c1-20(2,24-5)26-15-17(22)12-10-8-7-9-11-16-13-18(14-19(16)23)27-21(3,4)25-6/h13,18H,7-12,14-15H2,1-6H3. The zero-order chi connectivity index (χ0) is 20.5. The molecule has 1 unspecified atom stereocenters. The predicted octanol–water partition coefficient (Wildman–Crippen LogP) is 3.96. The molecule has 0 aromatic heterocycles. The van der Waals surface area contributed by atoms with Gasteiger partial charge in [-0.3, -0.25) is 9.59 Å². The summed E-state index contributed by atoms with van der Waals surface area (Å²) in [4.78, 5) is 23.9. The molecular weight excluding hydrogens is 348 g/mol. The highest BCUT2D eigenvalue weighted by Gasteiger charge is 2.29. The van der Waals surface area contributed by atoms with Gasteiger partial charge in [0.25, 0.3) is 0 Å². The van der Waals surface area contributed by atoms with Gasteiger partial charge in [-0.05, 0) is 58.6 Å². The van der Waals surface area contributed by atoms with Crippen LogP contribution >= 0.6 is 0 Å². The lowest BCUT2D eigenvalue weighted by Gasteiger charge is -2.26. The minimum atomic E-state index is -0.725. The van der Waals surface area contributed by atoms with Crippen LogP contribution in [-0.4, -0.2) is 50.1 Å². The molecule has 0 radical (unpaired) electrons. The van der Waals surface area contributed by atoms with Crippen molar-refractivity contribution in [2.24, 2.45) is 0 Å². The van der Waals surface area contributed by atoms with E-state index in [0.717, 1.165) is 37.7 Å². The van der Waals surface area contributed by atoms with E-state index >= 15 is 0 Å². The monoisotopic (exact) mass is 384 g/mol. The highest BCUT2D eigenvalue weighted by atomic mass is 16.7. The van der Waals surface area contributed by atoms with Gasteiger partial charge >= 0.3 is 0 Å². The Labute approximate surface area is 163 Å². The molecule has 6 heteroatoms. The summed E-state index contributed by atoms with van der Waals surface area (Å²) in [6, 6.07) is 0. The average molecular weight is 385 g/mol. The average Bonchev–Trinajstić information content (AvgIpc) is 2.94. The molecule has 1 aliphatic carbocycles. The molecule has 1 rings (SSSR count). The molecule has 0 aromatic carbocycles. The predicted molar refractivity (Wildman–Crippen MR) is 103 cm³/mol. The van der Waals surface area contributed by atoms with E-state index < -0.39 is 11.6 Å². The Balaban J connectivity index is 2.17. The van der Waals surface area contributed by atoms with Crippen molar-refractivity contribution in [2.75, 3.05) is 20.8 Å². The number of hydrogen-bond donors (Lipinski definition) is 0. The van der Waals surface area contributed by atoms with Gasteiger partial charge in [-0.15, -0.1) is 0 Å². The number of carbonyl (C=O) groups is 2. The van der Waals surface area contributed by atoms with E-state index in [4.69, 9.17) is 18.9 Å². The first kappa shape index (κ1) is 24.0. The smallest absolute Gasteiger partial charge is 0.163 e. The molecule has 27 heavy (non-hydrogen) atoms. The number of methoxy groups -OCH3 is 2. The van der Waals surface area contributed by atoms with Gasteiger partial charge in [0.1, 0.15) is 6.61 Å². The number of unbranched alkanes of at least 4 members (excludes halogenated alkanes) is 3. The maximum absolute atomic E-state index is 12.1. The van der Waals surface area contributed by atoms with Gasteiger partial charge in [0.15, 0.2) is 23.1 Å². The van der Waals surface area contributed by atoms with Crippen LogP contribution in [0, 0.1) is 0 Å². The molecule has 0 aromatic rings. The second-order valence-corrected chi connectivity index (χ2v) is 7.92. The van der Waals surface area contributed by atoms with E-state index in [0.29, 0.717) is 12.8 Å². The summed E-state index contributed by atoms with van der Waals surface area (Å²) in [6.45, 7) is 7.33. The van der Waals surface area contributed by atoms with Crippen molar-refractivity contribution < 1.29 is 28.5 Å². The van der Waals surface area contributed by atoms with E-state index in [2.05, 4.69) is 0 Å². The highest BCUT2D eigenvalue weighted by Crippen LogP contribution is 2.26. The SMILES string of the molecule is COC(C)(C)OCC(=O)CCCCCCC1=CC(OC(C)(C)OC)CC1=O. The normalized spacial score (nSPS) is 18.1. The third-order valence-corrected chi connectivity index (χ3v) is 4.78. The molecule has 0 amide bonds. The number of ether oxygens (including phenoxy) is 4. The molecule has 1 aliphatic rings. The lowest BCUT2D eigenvalue weighted by atomic mass is 10.0. The van der Waals surface area contributed by atoms with Crippen LogP contribution in [0.1, 0.15) is 72.6 Å². The molecule has 0 heterocycles. The first-order chi connectivity index (χ1) is 12.6. The zero-order valence-electron chi connectivity index (χ0n) is 17.8. The van der Waals surface area contributed by atoms with E-state index in [1.807, 2.05) is 19.9 Å². The van der Waals surface area contributed by atoms with E-state index in [9.17, 15) is 9.59 Å². The first-order valence-electron chi connectivity index (χ1n) is 9.76. The zero-order valence-corrected chi connectivity index (χ0v) is 17.8. The van der Waals surface area contributed by atoms with Crippen molar-refractivity contribution in [3.05, 3.63) is 11.6 Å². The minimum Gasteiger partial charge on any atom is -0.354 e. The van der Waals surface area contributed by atoms with Crippen molar-refractivity contribution >= 4 is 11.6 Å². The molecular formula is C21H36O6. The fourth-order valence-corrected chi connectivity index (χ4v) is 2.78.